The minimum absolute atomic E-state index is 0.145. The Bertz CT molecular complexity index is 745. The van der Waals surface area contributed by atoms with Crippen LogP contribution in [0.25, 0.3) is 11.4 Å². The van der Waals surface area contributed by atoms with Crippen LogP contribution in [0.3, 0.4) is 0 Å². The lowest BCUT2D eigenvalue weighted by Crippen LogP contribution is -2.21. The number of hydrogen-bond donors (Lipinski definition) is 0. The van der Waals surface area contributed by atoms with Crippen molar-refractivity contribution in [3.63, 3.8) is 0 Å². The summed E-state index contributed by atoms with van der Waals surface area (Å²) in [5.41, 5.74) is 2.56. The lowest BCUT2D eigenvalue weighted by atomic mass is 9.87. The summed E-state index contributed by atoms with van der Waals surface area (Å²) in [4.78, 5) is 13.3. The molecule has 0 bridgehead atoms. The first-order valence-electron chi connectivity index (χ1n) is 9.61. The van der Waals surface area contributed by atoms with E-state index in [1.165, 1.54) is 5.56 Å². The number of amides is 1. The number of thioether (sulfide) groups is 1. The van der Waals surface area contributed by atoms with Crippen LogP contribution in [0.1, 0.15) is 52.5 Å². The van der Waals surface area contributed by atoms with Crippen molar-refractivity contribution in [1.82, 2.24) is 19.7 Å². The van der Waals surface area contributed by atoms with E-state index in [0.717, 1.165) is 41.7 Å². The van der Waals surface area contributed by atoms with Gasteiger partial charge in [-0.2, -0.15) is 0 Å². The van der Waals surface area contributed by atoms with Gasteiger partial charge in [0.25, 0.3) is 0 Å². The normalized spacial score (nSPS) is 11.6. The van der Waals surface area contributed by atoms with Gasteiger partial charge in [0, 0.05) is 38.4 Å². The molecule has 148 valence electrons. The van der Waals surface area contributed by atoms with Gasteiger partial charge in [0.1, 0.15) is 0 Å². The SMILES string of the molecule is CCn1c(SCCCCC(=O)N(C)C)nnc1-c1ccc(C(C)(C)C)cc1. The Kier molecular flexibility index (Phi) is 7.48. The zero-order chi connectivity index (χ0) is 20.0. The van der Waals surface area contributed by atoms with E-state index >= 15 is 0 Å². The zero-order valence-corrected chi connectivity index (χ0v) is 18.3. The fourth-order valence-electron chi connectivity index (χ4n) is 2.78. The van der Waals surface area contributed by atoms with Gasteiger partial charge in [-0.05, 0) is 30.7 Å². The van der Waals surface area contributed by atoms with Crippen LogP contribution in [0.2, 0.25) is 0 Å². The van der Waals surface area contributed by atoms with Gasteiger partial charge >= 0.3 is 0 Å². The van der Waals surface area contributed by atoms with E-state index in [1.54, 1.807) is 30.8 Å². The third-order valence-electron chi connectivity index (χ3n) is 4.56. The molecule has 1 amide bonds. The maximum Gasteiger partial charge on any atom is 0.222 e. The molecule has 1 heterocycles. The van der Waals surface area contributed by atoms with Crippen LogP contribution >= 0.6 is 11.8 Å². The number of nitrogens with zero attached hydrogens (tertiary/aromatic N) is 4. The maximum atomic E-state index is 11.6. The molecule has 0 saturated carbocycles. The minimum Gasteiger partial charge on any atom is -0.349 e. The molecule has 27 heavy (non-hydrogen) atoms. The van der Waals surface area contributed by atoms with Crippen LogP contribution in [-0.2, 0) is 16.8 Å². The second-order valence-corrected chi connectivity index (χ2v) is 9.03. The van der Waals surface area contributed by atoms with E-state index in [9.17, 15) is 4.79 Å². The van der Waals surface area contributed by atoms with Crippen molar-refractivity contribution in [1.29, 1.82) is 0 Å². The van der Waals surface area contributed by atoms with Crippen molar-refractivity contribution in [2.75, 3.05) is 19.8 Å². The second-order valence-electron chi connectivity index (χ2n) is 7.97. The third-order valence-corrected chi connectivity index (χ3v) is 5.61. The summed E-state index contributed by atoms with van der Waals surface area (Å²) in [6, 6.07) is 8.63. The lowest BCUT2D eigenvalue weighted by molar-refractivity contribution is -0.128. The van der Waals surface area contributed by atoms with Gasteiger partial charge in [0.2, 0.25) is 5.91 Å². The van der Waals surface area contributed by atoms with Gasteiger partial charge in [-0.15, -0.1) is 10.2 Å². The van der Waals surface area contributed by atoms with E-state index in [-0.39, 0.29) is 11.3 Å². The van der Waals surface area contributed by atoms with Crippen LogP contribution in [-0.4, -0.2) is 45.4 Å². The van der Waals surface area contributed by atoms with Gasteiger partial charge in [-0.25, -0.2) is 0 Å². The zero-order valence-electron chi connectivity index (χ0n) is 17.5. The molecule has 5 nitrogen and oxygen atoms in total. The van der Waals surface area contributed by atoms with E-state index in [0.29, 0.717) is 6.42 Å². The highest BCUT2D eigenvalue weighted by Gasteiger charge is 2.16. The molecule has 1 aromatic carbocycles. The van der Waals surface area contributed by atoms with Crippen molar-refractivity contribution in [3.05, 3.63) is 29.8 Å². The monoisotopic (exact) mass is 388 g/mol. The molecule has 0 atom stereocenters. The maximum absolute atomic E-state index is 11.6. The Balaban J connectivity index is 1.99. The van der Waals surface area contributed by atoms with Crippen LogP contribution in [0.15, 0.2) is 29.4 Å². The molecule has 0 aliphatic heterocycles. The summed E-state index contributed by atoms with van der Waals surface area (Å²) in [6.45, 7) is 9.62. The van der Waals surface area contributed by atoms with Crippen molar-refractivity contribution >= 4 is 17.7 Å². The molecular formula is C21H32N4OS. The fraction of sp³-hybridized carbons (Fsp3) is 0.571. The quantitative estimate of drug-likeness (QED) is 0.489. The van der Waals surface area contributed by atoms with Crippen LogP contribution in [0.4, 0.5) is 0 Å². The van der Waals surface area contributed by atoms with Gasteiger partial charge < -0.3 is 9.47 Å². The summed E-state index contributed by atoms with van der Waals surface area (Å²) in [6.07, 6.45) is 2.52. The average Bonchev–Trinajstić information content (AvgIpc) is 3.03. The van der Waals surface area contributed by atoms with E-state index < -0.39 is 0 Å². The van der Waals surface area contributed by atoms with Crippen molar-refractivity contribution in [2.24, 2.45) is 0 Å². The molecule has 0 radical (unpaired) electrons. The number of carbonyl (C=O) groups excluding carboxylic acids is 1. The van der Waals surface area contributed by atoms with Crippen LogP contribution < -0.4 is 0 Å². The highest BCUT2D eigenvalue weighted by atomic mass is 32.2. The highest BCUT2D eigenvalue weighted by Crippen LogP contribution is 2.28. The van der Waals surface area contributed by atoms with E-state index in [2.05, 4.69) is 66.7 Å². The van der Waals surface area contributed by atoms with E-state index in [1.807, 2.05) is 0 Å². The third kappa shape index (κ3) is 5.83. The highest BCUT2D eigenvalue weighted by molar-refractivity contribution is 7.99. The summed E-state index contributed by atoms with van der Waals surface area (Å²) in [5.74, 6) is 2.06. The molecule has 1 aromatic heterocycles. The van der Waals surface area contributed by atoms with Gasteiger partial charge in [-0.3, -0.25) is 4.79 Å². The summed E-state index contributed by atoms with van der Waals surface area (Å²) >= 11 is 1.72. The average molecular weight is 389 g/mol. The number of carbonyl (C=O) groups is 1. The molecule has 0 saturated heterocycles. The summed E-state index contributed by atoms with van der Waals surface area (Å²) in [7, 11) is 3.60. The Hall–Kier alpha value is -1.82. The molecule has 0 unspecified atom stereocenters. The number of unbranched alkanes of at least 4 members (excludes halogenated alkanes) is 1. The number of aromatic nitrogens is 3. The van der Waals surface area contributed by atoms with E-state index in [4.69, 9.17) is 0 Å². The van der Waals surface area contributed by atoms with Gasteiger partial charge in [-0.1, -0.05) is 56.8 Å². The first kappa shape index (κ1) is 21.5. The Morgan fingerprint density at radius 3 is 2.33 bits per heavy atom. The molecule has 2 aromatic rings. The van der Waals surface area contributed by atoms with Gasteiger partial charge in [0.05, 0.1) is 0 Å². The largest absolute Gasteiger partial charge is 0.349 e. The smallest absolute Gasteiger partial charge is 0.222 e. The van der Waals surface area contributed by atoms with Crippen molar-refractivity contribution < 1.29 is 4.79 Å². The predicted octanol–water partition coefficient (Wildman–Crippen LogP) is 4.61. The molecule has 0 N–H and O–H groups in total. The van der Waals surface area contributed by atoms with Gasteiger partial charge in [0.15, 0.2) is 11.0 Å². The number of benzene rings is 1. The summed E-state index contributed by atoms with van der Waals surface area (Å²) in [5, 5.41) is 9.78. The number of rotatable bonds is 8. The summed E-state index contributed by atoms with van der Waals surface area (Å²) < 4.78 is 2.17. The molecule has 0 aliphatic rings. The Morgan fingerprint density at radius 1 is 1.11 bits per heavy atom. The minimum atomic E-state index is 0.145. The topological polar surface area (TPSA) is 51.0 Å². The van der Waals surface area contributed by atoms with Crippen molar-refractivity contribution in [2.45, 2.75) is 64.1 Å². The fourth-order valence-corrected chi connectivity index (χ4v) is 3.78. The second kappa shape index (κ2) is 9.40. The Labute approximate surface area is 167 Å². The molecular weight excluding hydrogens is 356 g/mol. The molecule has 6 heteroatoms. The molecule has 0 spiro atoms. The number of hydrogen-bond acceptors (Lipinski definition) is 4. The molecule has 0 fully saturated rings. The van der Waals surface area contributed by atoms with Crippen LogP contribution in [0.5, 0.6) is 0 Å². The molecule has 0 aliphatic carbocycles. The van der Waals surface area contributed by atoms with Crippen LogP contribution in [0, 0.1) is 0 Å². The first-order valence-corrected chi connectivity index (χ1v) is 10.6. The predicted molar refractivity (Wildman–Crippen MR) is 113 cm³/mol. The lowest BCUT2D eigenvalue weighted by Gasteiger charge is -2.19. The van der Waals surface area contributed by atoms with Crippen molar-refractivity contribution in [3.8, 4) is 11.4 Å². The first-order chi connectivity index (χ1) is 12.7. The molecule has 2 rings (SSSR count). The standard InChI is InChI=1S/C21H32N4OS/c1-7-25-19(16-11-13-17(14-12-16)21(2,3)4)22-23-20(25)27-15-9-8-10-18(26)24(5)6/h11-14H,7-10,15H2,1-6H3. The Morgan fingerprint density at radius 2 is 1.78 bits per heavy atom.